The maximum Gasteiger partial charge on any atom is 0.416 e. The highest BCUT2D eigenvalue weighted by atomic mass is 19.4. The molecule has 9 heteroatoms. The van der Waals surface area contributed by atoms with E-state index in [1.807, 2.05) is 24.3 Å². The molecule has 0 saturated carbocycles. The molecule has 5 nitrogen and oxygen atoms in total. The van der Waals surface area contributed by atoms with Crippen molar-refractivity contribution in [3.8, 4) is 0 Å². The standard InChI is InChI=1S/C38H38F4N2O3/c1-5-25-17-18-28(22-30(25)38(40,41)42)43-35(45)29-21-27-10-6-7-12-32(27)44(36(46)33-23(2)9-8-11-31(33)39)34(29)26-15-13-24(14-16-26)19-20-37(3,4)47/h6-18,22,29,34,47H,5,19-21H2,1-4H3,(H,43,45)/t29-,34-/m0/s1. The van der Waals surface area contributed by atoms with Crippen LogP contribution in [0.25, 0.3) is 0 Å². The minimum Gasteiger partial charge on any atom is -0.390 e. The first-order valence-electron chi connectivity index (χ1n) is 15.7. The van der Waals surface area contributed by atoms with Gasteiger partial charge in [-0.2, -0.15) is 13.2 Å². The number of aryl methyl sites for hydroxylation is 3. The van der Waals surface area contributed by atoms with Gasteiger partial charge in [0.1, 0.15) is 5.82 Å². The van der Waals surface area contributed by atoms with E-state index in [1.54, 1.807) is 58.0 Å². The first kappa shape index (κ1) is 33.9. The monoisotopic (exact) mass is 646 g/mol. The summed E-state index contributed by atoms with van der Waals surface area (Å²) in [4.78, 5) is 30.0. The highest BCUT2D eigenvalue weighted by Crippen LogP contribution is 2.44. The molecule has 5 rings (SSSR count). The molecule has 4 aromatic rings. The van der Waals surface area contributed by atoms with Gasteiger partial charge in [0.2, 0.25) is 5.91 Å². The fourth-order valence-electron chi connectivity index (χ4n) is 6.27. The van der Waals surface area contributed by atoms with E-state index in [2.05, 4.69) is 5.32 Å². The van der Waals surface area contributed by atoms with E-state index in [0.29, 0.717) is 35.2 Å². The zero-order valence-corrected chi connectivity index (χ0v) is 26.8. The first-order valence-corrected chi connectivity index (χ1v) is 15.7. The van der Waals surface area contributed by atoms with Crippen molar-refractivity contribution in [3.63, 3.8) is 0 Å². The molecule has 0 saturated heterocycles. The molecule has 1 aliphatic heterocycles. The number of carbonyl (C=O) groups is 2. The summed E-state index contributed by atoms with van der Waals surface area (Å²) in [5, 5.41) is 12.9. The molecule has 0 aliphatic carbocycles. The lowest BCUT2D eigenvalue weighted by molar-refractivity contribution is -0.138. The van der Waals surface area contributed by atoms with Gasteiger partial charge in [-0.25, -0.2) is 4.39 Å². The van der Waals surface area contributed by atoms with Crippen molar-refractivity contribution in [1.82, 2.24) is 0 Å². The number of aliphatic hydroxyl groups is 1. The van der Waals surface area contributed by atoms with Crippen LogP contribution >= 0.6 is 0 Å². The lowest BCUT2D eigenvalue weighted by Crippen LogP contribution is -2.47. The Balaban J connectivity index is 1.61. The van der Waals surface area contributed by atoms with E-state index in [9.17, 15) is 27.9 Å². The van der Waals surface area contributed by atoms with Gasteiger partial charge >= 0.3 is 6.18 Å². The van der Waals surface area contributed by atoms with Crippen molar-refractivity contribution in [1.29, 1.82) is 0 Å². The maximum atomic E-state index is 15.3. The van der Waals surface area contributed by atoms with Crippen LogP contribution in [0.2, 0.25) is 0 Å². The third kappa shape index (κ3) is 7.41. The van der Waals surface area contributed by atoms with Gasteiger partial charge in [-0.1, -0.05) is 67.6 Å². The van der Waals surface area contributed by atoms with Crippen molar-refractivity contribution in [3.05, 3.63) is 130 Å². The van der Waals surface area contributed by atoms with E-state index in [0.717, 1.165) is 11.6 Å². The number of alkyl halides is 3. The summed E-state index contributed by atoms with van der Waals surface area (Å²) < 4.78 is 56.9. The SMILES string of the molecule is CCc1ccc(NC(=O)[C@H]2Cc3ccccc3N(C(=O)c3c(C)cccc3F)[C@H]2c2ccc(CCC(C)(C)O)cc2)cc1C(F)(F)F. The smallest absolute Gasteiger partial charge is 0.390 e. The van der Waals surface area contributed by atoms with Crippen LogP contribution in [0.1, 0.15) is 77.0 Å². The molecule has 47 heavy (non-hydrogen) atoms. The first-order chi connectivity index (χ1) is 22.2. The van der Waals surface area contributed by atoms with Crippen LogP contribution in [0.5, 0.6) is 0 Å². The maximum absolute atomic E-state index is 15.3. The van der Waals surface area contributed by atoms with E-state index < -0.39 is 46.9 Å². The minimum absolute atomic E-state index is 0.0121. The Labute approximate surface area is 272 Å². The van der Waals surface area contributed by atoms with Gasteiger partial charge < -0.3 is 10.4 Å². The second-order valence-corrected chi connectivity index (χ2v) is 12.8. The van der Waals surface area contributed by atoms with E-state index in [1.165, 1.54) is 29.2 Å². The highest BCUT2D eigenvalue weighted by molar-refractivity contribution is 6.09. The number of fused-ring (bicyclic) bond motifs is 1. The Kier molecular flexibility index (Phi) is 9.59. The van der Waals surface area contributed by atoms with Crippen molar-refractivity contribution >= 4 is 23.2 Å². The second-order valence-electron chi connectivity index (χ2n) is 12.8. The number of nitrogens with zero attached hydrogens (tertiary/aromatic N) is 1. The van der Waals surface area contributed by atoms with Crippen LogP contribution < -0.4 is 10.2 Å². The summed E-state index contributed by atoms with van der Waals surface area (Å²) in [6.07, 6.45) is -3.14. The lowest BCUT2D eigenvalue weighted by atomic mass is 9.80. The molecule has 4 aromatic carbocycles. The summed E-state index contributed by atoms with van der Waals surface area (Å²) >= 11 is 0. The van der Waals surface area contributed by atoms with Gasteiger partial charge in [0.25, 0.3) is 5.91 Å². The van der Waals surface area contributed by atoms with Crippen LogP contribution in [0.3, 0.4) is 0 Å². The number of nitrogens with one attached hydrogen (secondary N) is 1. The molecule has 1 aliphatic rings. The van der Waals surface area contributed by atoms with E-state index in [4.69, 9.17) is 0 Å². The fraction of sp³-hybridized carbons (Fsp3) is 0.316. The summed E-state index contributed by atoms with van der Waals surface area (Å²) in [6, 6.07) is 21.6. The topological polar surface area (TPSA) is 69.6 Å². The molecule has 0 unspecified atom stereocenters. The van der Waals surface area contributed by atoms with Crippen LogP contribution in [-0.2, 0) is 30.2 Å². The lowest BCUT2D eigenvalue weighted by Gasteiger charge is -2.42. The molecule has 0 fully saturated rings. The van der Waals surface area contributed by atoms with Crippen LogP contribution in [0.4, 0.5) is 28.9 Å². The molecule has 0 spiro atoms. The molecular formula is C38H38F4N2O3. The summed E-state index contributed by atoms with van der Waals surface area (Å²) in [5.41, 5.74) is 1.45. The number of halogens is 4. The number of amides is 2. The van der Waals surface area contributed by atoms with Crippen LogP contribution in [-0.4, -0.2) is 22.5 Å². The number of hydrogen-bond acceptors (Lipinski definition) is 3. The number of rotatable bonds is 8. The van der Waals surface area contributed by atoms with Crippen molar-refractivity contribution in [2.24, 2.45) is 5.92 Å². The number of anilines is 2. The highest BCUT2D eigenvalue weighted by Gasteiger charge is 2.43. The quantitative estimate of drug-likeness (QED) is 0.188. The largest absolute Gasteiger partial charge is 0.416 e. The number of benzene rings is 4. The molecule has 2 N–H and O–H groups in total. The molecular weight excluding hydrogens is 608 g/mol. The van der Waals surface area contributed by atoms with Crippen LogP contribution in [0.15, 0.2) is 84.9 Å². The Bertz CT molecular complexity index is 1760. The third-order valence-electron chi connectivity index (χ3n) is 8.75. The molecule has 0 aromatic heterocycles. The summed E-state index contributed by atoms with van der Waals surface area (Å²) in [7, 11) is 0. The third-order valence-corrected chi connectivity index (χ3v) is 8.75. The molecule has 0 bridgehead atoms. The van der Waals surface area contributed by atoms with Gasteiger partial charge in [0.05, 0.1) is 28.7 Å². The average Bonchev–Trinajstić information content (AvgIpc) is 3.02. The van der Waals surface area contributed by atoms with E-state index in [-0.39, 0.29) is 29.7 Å². The predicted molar refractivity (Wildman–Crippen MR) is 175 cm³/mol. The minimum atomic E-state index is -4.60. The number of para-hydroxylation sites is 1. The molecule has 0 radical (unpaired) electrons. The number of hydrogen-bond donors (Lipinski definition) is 2. The Hall–Kier alpha value is -4.50. The zero-order valence-electron chi connectivity index (χ0n) is 26.8. The van der Waals surface area contributed by atoms with Gasteiger partial charge in [0.15, 0.2) is 0 Å². The van der Waals surface area contributed by atoms with Crippen molar-refractivity contribution < 1.29 is 32.3 Å². The normalized spacial score (nSPS) is 16.5. The van der Waals surface area contributed by atoms with Gasteiger partial charge in [-0.05, 0) is 98.5 Å². The molecule has 246 valence electrons. The molecule has 1 heterocycles. The van der Waals surface area contributed by atoms with Crippen LogP contribution in [0, 0.1) is 18.7 Å². The predicted octanol–water partition coefficient (Wildman–Crippen LogP) is 8.62. The van der Waals surface area contributed by atoms with Gasteiger partial charge in [-0.3, -0.25) is 14.5 Å². The zero-order chi connectivity index (χ0) is 34.1. The second kappa shape index (κ2) is 13.3. The van der Waals surface area contributed by atoms with E-state index >= 15 is 4.39 Å². The molecule has 2 atom stereocenters. The molecule has 2 amide bonds. The van der Waals surface area contributed by atoms with Gasteiger partial charge in [0, 0.05) is 11.4 Å². The van der Waals surface area contributed by atoms with Gasteiger partial charge in [-0.15, -0.1) is 0 Å². The number of carbonyl (C=O) groups excluding carboxylic acids is 2. The summed E-state index contributed by atoms with van der Waals surface area (Å²) in [5.74, 6) is -2.84. The van der Waals surface area contributed by atoms with Crippen molar-refractivity contribution in [2.45, 2.75) is 71.2 Å². The Morgan fingerprint density at radius 1 is 0.957 bits per heavy atom. The summed E-state index contributed by atoms with van der Waals surface area (Å²) in [6.45, 7) is 6.73. The Morgan fingerprint density at radius 3 is 2.30 bits per heavy atom. The fourth-order valence-corrected chi connectivity index (χ4v) is 6.27. The van der Waals surface area contributed by atoms with Crippen molar-refractivity contribution in [2.75, 3.05) is 10.2 Å². The average molecular weight is 647 g/mol. The Morgan fingerprint density at radius 2 is 1.66 bits per heavy atom.